The van der Waals surface area contributed by atoms with Crippen LogP contribution in [0.25, 0.3) is 0 Å². The summed E-state index contributed by atoms with van der Waals surface area (Å²) in [5, 5.41) is 13.8. The van der Waals surface area contributed by atoms with E-state index in [-0.39, 0.29) is 6.04 Å². The molecule has 0 amide bonds. The molecule has 0 saturated heterocycles. The first kappa shape index (κ1) is 14.0. The van der Waals surface area contributed by atoms with Gasteiger partial charge in [0, 0.05) is 6.42 Å². The fourth-order valence-corrected chi connectivity index (χ4v) is 2.61. The third kappa shape index (κ3) is 3.75. The van der Waals surface area contributed by atoms with Crippen molar-refractivity contribution in [3.63, 3.8) is 0 Å². The van der Waals surface area contributed by atoms with Gasteiger partial charge in [0.2, 0.25) is 0 Å². The van der Waals surface area contributed by atoms with E-state index in [1.54, 1.807) is 18.4 Å². The van der Waals surface area contributed by atoms with Crippen molar-refractivity contribution in [1.29, 1.82) is 0 Å². The summed E-state index contributed by atoms with van der Waals surface area (Å²) in [5.41, 5.74) is 1.29. The van der Waals surface area contributed by atoms with Crippen LogP contribution in [0.5, 0.6) is 5.75 Å². The number of nitrogens with zero attached hydrogens (tertiary/aromatic N) is 2. The van der Waals surface area contributed by atoms with Crippen molar-refractivity contribution in [2.24, 2.45) is 0 Å². The molecule has 2 aromatic rings. The number of ether oxygens (including phenoxy) is 1. The monoisotopic (exact) mass is 277 g/mol. The number of benzene rings is 1. The second kappa shape index (κ2) is 6.63. The number of hydrogen-bond acceptors (Lipinski definition) is 5. The molecule has 0 aliphatic carbocycles. The van der Waals surface area contributed by atoms with E-state index >= 15 is 0 Å². The molecule has 1 N–H and O–H groups in total. The minimum absolute atomic E-state index is 0.271. The van der Waals surface area contributed by atoms with Gasteiger partial charge in [-0.2, -0.15) is 0 Å². The average Bonchev–Trinajstić information content (AvgIpc) is 2.93. The number of aromatic nitrogens is 2. The highest BCUT2D eigenvalue weighted by Gasteiger charge is 2.09. The molecule has 19 heavy (non-hydrogen) atoms. The minimum atomic E-state index is 0.271. The molecule has 0 spiro atoms. The molecule has 0 aliphatic rings. The van der Waals surface area contributed by atoms with E-state index in [1.165, 1.54) is 5.56 Å². The molecule has 0 radical (unpaired) electrons. The summed E-state index contributed by atoms with van der Waals surface area (Å²) in [6, 6.07) is 8.44. The Morgan fingerprint density at radius 2 is 1.95 bits per heavy atom. The van der Waals surface area contributed by atoms with Crippen LogP contribution in [0.3, 0.4) is 0 Å². The lowest BCUT2D eigenvalue weighted by Gasteiger charge is -2.03. The van der Waals surface area contributed by atoms with Crippen LogP contribution in [0, 0.1) is 0 Å². The van der Waals surface area contributed by atoms with E-state index in [4.69, 9.17) is 4.74 Å². The maximum absolute atomic E-state index is 5.15. The van der Waals surface area contributed by atoms with Crippen molar-refractivity contribution in [1.82, 2.24) is 15.5 Å². The smallest absolute Gasteiger partial charge is 0.134 e. The number of hydrogen-bond donors (Lipinski definition) is 1. The van der Waals surface area contributed by atoms with Gasteiger partial charge in [-0.05, 0) is 38.1 Å². The quantitative estimate of drug-likeness (QED) is 0.881. The normalized spacial score (nSPS) is 12.4. The fourth-order valence-electron chi connectivity index (χ4n) is 1.71. The molecule has 1 aromatic carbocycles. The molecule has 1 atom stereocenters. The van der Waals surface area contributed by atoms with Crippen molar-refractivity contribution in [2.75, 3.05) is 14.2 Å². The third-order valence-corrected chi connectivity index (χ3v) is 4.24. The van der Waals surface area contributed by atoms with Gasteiger partial charge in [0.15, 0.2) is 0 Å². The zero-order chi connectivity index (χ0) is 13.7. The molecule has 1 unspecified atom stereocenters. The van der Waals surface area contributed by atoms with Crippen LogP contribution in [0.2, 0.25) is 0 Å². The molecular formula is C14H19N3OS. The zero-order valence-electron chi connectivity index (χ0n) is 11.5. The maximum atomic E-state index is 5.15. The summed E-state index contributed by atoms with van der Waals surface area (Å²) in [4.78, 5) is 0. The van der Waals surface area contributed by atoms with Gasteiger partial charge in [0.25, 0.3) is 0 Å². The molecule has 1 heterocycles. The Labute approximate surface area is 117 Å². The molecule has 1 aromatic heterocycles. The van der Waals surface area contributed by atoms with Crippen LogP contribution in [0.15, 0.2) is 24.3 Å². The Hall–Kier alpha value is -1.46. The Bertz CT molecular complexity index is 510. The van der Waals surface area contributed by atoms with E-state index in [0.717, 1.165) is 28.6 Å². The lowest BCUT2D eigenvalue weighted by Crippen LogP contribution is -2.11. The Kier molecular flexibility index (Phi) is 4.87. The van der Waals surface area contributed by atoms with Crippen LogP contribution >= 0.6 is 11.3 Å². The molecule has 0 saturated carbocycles. The number of methoxy groups -OCH3 is 1. The fraction of sp³-hybridized carbons (Fsp3) is 0.429. The predicted molar refractivity (Wildman–Crippen MR) is 77.8 cm³/mol. The van der Waals surface area contributed by atoms with Crippen LogP contribution in [-0.4, -0.2) is 24.4 Å². The third-order valence-electron chi connectivity index (χ3n) is 3.07. The van der Waals surface area contributed by atoms with Gasteiger partial charge in [-0.1, -0.05) is 23.5 Å². The van der Waals surface area contributed by atoms with Crippen molar-refractivity contribution in [2.45, 2.75) is 25.8 Å². The highest BCUT2D eigenvalue weighted by atomic mass is 32.1. The van der Waals surface area contributed by atoms with Crippen LogP contribution in [0.1, 0.15) is 28.5 Å². The first-order valence-corrected chi connectivity index (χ1v) is 7.17. The van der Waals surface area contributed by atoms with E-state index in [9.17, 15) is 0 Å². The first-order chi connectivity index (χ1) is 9.22. The molecule has 5 heteroatoms. The maximum Gasteiger partial charge on any atom is 0.134 e. The van der Waals surface area contributed by atoms with Gasteiger partial charge >= 0.3 is 0 Å². The molecule has 4 nitrogen and oxygen atoms in total. The lowest BCUT2D eigenvalue weighted by molar-refractivity contribution is 0.414. The second-order valence-electron chi connectivity index (χ2n) is 4.39. The summed E-state index contributed by atoms with van der Waals surface area (Å²) < 4.78 is 5.15. The van der Waals surface area contributed by atoms with Crippen molar-refractivity contribution in [3.05, 3.63) is 39.8 Å². The van der Waals surface area contributed by atoms with Gasteiger partial charge < -0.3 is 10.1 Å². The summed E-state index contributed by atoms with van der Waals surface area (Å²) in [6.45, 7) is 2.09. The van der Waals surface area contributed by atoms with Crippen LogP contribution in [-0.2, 0) is 12.8 Å². The topological polar surface area (TPSA) is 47.0 Å². The van der Waals surface area contributed by atoms with Gasteiger partial charge in [-0.15, -0.1) is 10.2 Å². The SMILES string of the molecule is CNC(C)c1nnc(CCc2ccc(OC)cc2)s1. The van der Waals surface area contributed by atoms with Crippen molar-refractivity contribution >= 4 is 11.3 Å². The minimum Gasteiger partial charge on any atom is -0.497 e. The van der Waals surface area contributed by atoms with E-state index < -0.39 is 0 Å². The molecule has 2 rings (SSSR count). The van der Waals surface area contributed by atoms with E-state index in [2.05, 4.69) is 34.6 Å². The largest absolute Gasteiger partial charge is 0.497 e. The summed E-state index contributed by atoms with van der Waals surface area (Å²) in [6.07, 6.45) is 1.91. The summed E-state index contributed by atoms with van der Waals surface area (Å²) in [5.74, 6) is 0.893. The first-order valence-electron chi connectivity index (χ1n) is 6.35. The zero-order valence-corrected chi connectivity index (χ0v) is 12.3. The summed E-state index contributed by atoms with van der Waals surface area (Å²) in [7, 11) is 3.61. The van der Waals surface area contributed by atoms with E-state index in [1.807, 2.05) is 19.2 Å². The average molecular weight is 277 g/mol. The lowest BCUT2D eigenvalue weighted by atomic mass is 10.1. The van der Waals surface area contributed by atoms with Crippen molar-refractivity contribution < 1.29 is 4.74 Å². The van der Waals surface area contributed by atoms with Crippen LogP contribution < -0.4 is 10.1 Å². The summed E-state index contributed by atoms with van der Waals surface area (Å²) >= 11 is 1.68. The Morgan fingerprint density at radius 3 is 2.58 bits per heavy atom. The standard InChI is InChI=1S/C14H19N3OS/c1-10(15-2)14-17-16-13(19-14)9-6-11-4-7-12(18-3)8-5-11/h4-5,7-8,10,15H,6,9H2,1-3H3. The predicted octanol–water partition coefficient (Wildman–Crippen LogP) is 2.61. The second-order valence-corrected chi connectivity index (χ2v) is 5.49. The molecular weight excluding hydrogens is 258 g/mol. The highest BCUT2D eigenvalue weighted by Crippen LogP contribution is 2.19. The Balaban J connectivity index is 1.92. The van der Waals surface area contributed by atoms with Crippen molar-refractivity contribution in [3.8, 4) is 5.75 Å². The molecule has 0 bridgehead atoms. The molecule has 0 fully saturated rings. The molecule has 102 valence electrons. The number of aryl methyl sites for hydroxylation is 2. The van der Waals surface area contributed by atoms with Gasteiger partial charge in [-0.25, -0.2) is 0 Å². The van der Waals surface area contributed by atoms with E-state index in [0.29, 0.717) is 0 Å². The van der Waals surface area contributed by atoms with Crippen LogP contribution in [0.4, 0.5) is 0 Å². The number of nitrogens with one attached hydrogen (secondary N) is 1. The van der Waals surface area contributed by atoms with Gasteiger partial charge in [0.05, 0.1) is 13.2 Å². The Morgan fingerprint density at radius 1 is 1.21 bits per heavy atom. The van der Waals surface area contributed by atoms with Gasteiger partial charge in [-0.3, -0.25) is 0 Å². The molecule has 0 aliphatic heterocycles. The highest BCUT2D eigenvalue weighted by molar-refractivity contribution is 7.11. The van der Waals surface area contributed by atoms with Gasteiger partial charge in [0.1, 0.15) is 15.8 Å². The number of rotatable bonds is 6.